The number of fused-ring (bicyclic) bond motifs is 3. The van der Waals surface area contributed by atoms with Gasteiger partial charge in [-0.3, -0.25) is 0 Å². The average Bonchev–Trinajstić information content (AvgIpc) is 2.97. The molecule has 4 nitrogen and oxygen atoms in total. The number of nitrogens with zero attached hydrogens (tertiary/aromatic N) is 1. The fourth-order valence-electron chi connectivity index (χ4n) is 3.84. The lowest BCUT2D eigenvalue weighted by molar-refractivity contribution is -0.0103. The molecule has 2 bridgehead atoms. The van der Waals surface area contributed by atoms with E-state index in [4.69, 9.17) is 4.74 Å². The Morgan fingerprint density at radius 2 is 1.89 bits per heavy atom. The van der Waals surface area contributed by atoms with Crippen molar-refractivity contribution in [3.05, 3.63) is 0 Å². The van der Waals surface area contributed by atoms with Crippen molar-refractivity contribution in [2.24, 2.45) is 5.92 Å². The Hall–Kier alpha value is -0.160. The molecule has 3 saturated heterocycles. The number of aliphatic hydroxyl groups is 1. The maximum atomic E-state index is 10.0. The van der Waals surface area contributed by atoms with Crippen molar-refractivity contribution in [1.29, 1.82) is 0 Å². The molecule has 110 valence electrons. The normalized spacial score (nSPS) is 36.8. The van der Waals surface area contributed by atoms with E-state index < -0.39 is 0 Å². The number of hydrogen-bond donors (Lipinski definition) is 2. The van der Waals surface area contributed by atoms with Crippen LogP contribution in [-0.4, -0.2) is 61.0 Å². The molecule has 1 aliphatic carbocycles. The van der Waals surface area contributed by atoms with Gasteiger partial charge in [0, 0.05) is 19.1 Å². The molecular formula is C15H28N2O2. The van der Waals surface area contributed by atoms with Crippen LogP contribution in [0, 0.1) is 5.92 Å². The summed E-state index contributed by atoms with van der Waals surface area (Å²) in [6, 6.07) is 0.587. The van der Waals surface area contributed by atoms with Gasteiger partial charge in [-0.15, -0.1) is 0 Å². The summed E-state index contributed by atoms with van der Waals surface area (Å²) >= 11 is 0. The summed E-state index contributed by atoms with van der Waals surface area (Å²) in [6.07, 6.45) is 7.65. The van der Waals surface area contributed by atoms with Crippen LogP contribution in [0.3, 0.4) is 0 Å². The van der Waals surface area contributed by atoms with Crippen molar-refractivity contribution in [3.8, 4) is 0 Å². The predicted octanol–water partition coefficient (Wildman–Crippen LogP) is 0.990. The van der Waals surface area contributed by atoms with Crippen LogP contribution in [0.1, 0.15) is 38.5 Å². The lowest BCUT2D eigenvalue weighted by Gasteiger charge is -2.45. The first-order valence-electron chi connectivity index (χ1n) is 8.06. The fourth-order valence-corrected chi connectivity index (χ4v) is 3.84. The summed E-state index contributed by atoms with van der Waals surface area (Å²) in [5, 5.41) is 13.6. The quantitative estimate of drug-likeness (QED) is 0.754. The lowest BCUT2D eigenvalue weighted by atomic mass is 9.84. The zero-order valence-electron chi connectivity index (χ0n) is 11.9. The Morgan fingerprint density at radius 1 is 1.16 bits per heavy atom. The Balaban J connectivity index is 1.32. The van der Waals surface area contributed by atoms with Gasteiger partial charge in [-0.05, 0) is 44.7 Å². The first-order valence-corrected chi connectivity index (χ1v) is 8.06. The largest absolute Gasteiger partial charge is 0.389 e. The first-order chi connectivity index (χ1) is 9.31. The van der Waals surface area contributed by atoms with Gasteiger partial charge in [0.05, 0.1) is 18.8 Å². The number of rotatable bonds is 6. The summed E-state index contributed by atoms with van der Waals surface area (Å²) in [4.78, 5) is 2.54. The Morgan fingerprint density at radius 3 is 2.53 bits per heavy atom. The summed E-state index contributed by atoms with van der Waals surface area (Å²) in [6.45, 7) is 4.90. The lowest BCUT2D eigenvalue weighted by Crippen LogP contribution is -2.57. The highest BCUT2D eigenvalue weighted by atomic mass is 16.5. The van der Waals surface area contributed by atoms with E-state index in [0.29, 0.717) is 25.3 Å². The molecule has 4 heteroatoms. The summed E-state index contributed by atoms with van der Waals surface area (Å²) in [7, 11) is 0. The molecular weight excluding hydrogens is 240 g/mol. The van der Waals surface area contributed by atoms with E-state index in [0.717, 1.165) is 5.92 Å². The van der Waals surface area contributed by atoms with Crippen LogP contribution in [0.4, 0.5) is 0 Å². The molecule has 4 rings (SSSR count). The van der Waals surface area contributed by atoms with Gasteiger partial charge in [0.15, 0.2) is 0 Å². The Labute approximate surface area is 116 Å². The molecule has 0 spiro atoms. The van der Waals surface area contributed by atoms with Crippen molar-refractivity contribution in [3.63, 3.8) is 0 Å². The van der Waals surface area contributed by atoms with Crippen LogP contribution >= 0.6 is 0 Å². The molecule has 0 aromatic rings. The molecule has 0 radical (unpaired) electrons. The highest BCUT2D eigenvalue weighted by molar-refractivity contribution is 4.91. The monoisotopic (exact) mass is 268 g/mol. The SMILES string of the molecule is OC(CNC1CN2CCC1CC2)COC1CCCC1. The maximum absolute atomic E-state index is 10.0. The van der Waals surface area contributed by atoms with Crippen LogP contribution in [0.25, 0.3) is 0 Å². The van der Waals surface area contributed by atoms with E-state index in [2.05, 4.69) is 10.2 Å². The molecule has 1 saturated carbocycles. The van der Waals surface area contributed by atoms with Crippen molar-refractivity contribution in [1.82, 2.24) is 10.2 Å². The number of nitrogens with one attached hydrogen (secondary N) is 1. The number of hydrogen-bond acceptors (Lipinski definition) is 4. The molecule has 19 heavy (non-hydrogen) atoms. The van der Waals surface area contributed by atoms with Gasteiger partial charge in [0.25, 0.3) is 0 Å². The minimum Gasteiger partial charge on any atom is -0.389 e. The van der Waals surface area contributed by atoms with E-state index in [9.17, 15) is 5.11 Å². The third-order valence-electron chi connectivity index (χ3n) is 5.10. The molecule has 4 aliphatic rings. The zero-order chi connectivity index (χ0) is 13.1. The van der Waals surface area contributed by atoms with Gasteiger partial charge < -0.3 is 20.1 Å². The molecule has 3 heterocycles. The van der Waals surface area contributed by atoms with Gasteiger partial charge in [0.1, 0.15) is 0 Å². The molecule has 2 N–H and O–H groups in total. The second-order valence-electron chi connectivity index (χ2n) is 6.55. The van der Waals surface area contributed by atoms with Gasteiger partial charge in [-0.25, -0.2) is 0 Å². The van der Waals surface area contributed by atoms with Gasteiger partial charge in [0.2, 0.25) is 0 Å². The average molecular weight is 268 g/mol. The Bertz CT molecular complexity index is 273. The standard InChI is InChI=1S/C15H28N2O2/c18-13(11-19-14-3-1-2-4-14)9-16-15-10-17-7-5-12(15)6-8-17/h12-16,18H,1-11H2. The van der Waals surface area contributed by atoms with Crippen molar-refractivity contribution in [2.45, 2.75) is 56.8 Å². The van der Waals surface area contributed by atoms with Gasteiger partial charge in [-0.1, -0.05) is 12.8 Å². The summed E-state index contributed by atoms with van der Waals surface area (Å²) < 4.78 is 5.77. The van der Waals surface area contributed by atoms with Crippen LogP contribution in [0.15, 0.2) is 0 Å². The fraction of sp³-hybridized carbons (Fsp3) is 1.00. The second-order valence-corrected chi connectivity index (χ2v) is 6.55. The van der Waals surface area contributed by atoms with Crippen molar-refractivity contribution < 1.29 is 9.84 Å². The van der Waals surface area contributed by atoms with E-state index in [1.807, 2.05) is 0 Å². The molecule has 2 unspecified atom stereocenters. The molecule has 0 amide bonds. The van der Waals surface area contributed by atoms with E-state index >= 15 is 0 Å². The third kappa shape index (κ3) is 3.69. The third-order valence-corrected chi connectivity index (χ3v) is 5.10. The van der Waals surface area contributed by atoms with E-state index in [-0.39, 0.29) is 6.10 Å². The molecule has 3 aliphatic heterocycles. The topological polar surface area (TPSA) is 44.7 Å². The molecule has 0 aromatic heterocycles. The number of ether oxygens (including phenoxy) is 1. The zero-order valence-corrected chi connectivity index (χ0v) is 11.9. The predicted molar refractivity (Wildman–Crippen MR) is 75.2 cm³/mol. The van der Waals surface area contributed by atoms with Gasteiger partial charge in [-0.2, -0.15) is 0 Å². The Kier molecular flexibility index (Phi) is 4.74. The minimum absolute atomic E-state index is 0.351. The molecule has 2 atom stereocenters. The number of piperidine rings is 3. The van der Waals surface area contributed by atoms with Crippen molar-refractivity contribution in [2.75, 3.05) is 32.8 Å². The number of aliphatic hydroxyl groups excluding tert-OH is 1. The van der Waals surface area contributed by atoms with Crippen LogP contribution in [0.5, 0.6) is 0 Å². The highest BCUT2D eigenvalue weighted by Gasteiger charge is 2.33. The molecule has 4 fully saturated rings. The smallest absolute Gasteiger partial charge is 0.0897 e. The highest BCUT2D eigenvalue weighted by Crippen LogP contribution is 2.27. The summed E-state index contributed by atoms with van der Waals surface area (Å²) in [5.41, 5.74) is 0. The van der Waals surface area contributed by atoms with Gasteiger partial charge >= 0.3 is 0 Å². The van der Waals surface area contributed by atoms with E-state index in [1.54, 1.807) is 0 Å². The van der Waals surface area contributed by atoms with Crippen LogP contribution in [-0.2, 0) is 4.74 Å². The minimum atomic E-state index is -0.351. The van der Waals surface area contributed by atoms with Crippen LogP contribution in [0.2, 0.25) is 0 Å². The first kappa shape index (κ1) is 13.8. The van der Waals surface area contributed by atoms with E-state index in [1.165, 1.54) is 58.2 Å². The second kappa shape index (κ2) is 6.53. The van der Waals surface area contributed by atoms with Crippen molar-refractivity contribution >= 4 is 0 Å². The van der Waals surface area contributed by atoms with Crippen LogP contribution < -0.4 is 5.32 Å². The molecule has 0 aromatic carbocycles. The summed E-state index contributed by atoms with van der Waals surface area (Å²) in [5.74, 6) is 0.827. The maximum Gasteiger partial charge on any atom is 0.0897 e.